The number of pyridine rings is 1. The van der Waals surface area contributed by atoms with Crippen LogP contribution in [0, 0.1) is 0 Å². The molecule has 1 amide bonds. The monoisotopic (exact) mass is 465 g/mol. The summed E-state index contributed by atoms with van der Waals surface area (Å²) in [7, 11) is -3.50. The van der Waals surface area contributed by atoms with Gasteiger partial charge < -0.3 is 15.6 Å². The van der Waals surface area contributed by atoms with Gasteiger partial charge in [0, 0.05) is 30.1 Å². The van der Waals surface area contributed by atoms with E-state index in [1.165, 1.54) is 11.2 Å². The number of hydrogen-bond acceptors (Lipinski definition) is 6. The largest absolute Gasteiger partial charge is 0.355 e. The first-order valence-corrected chi connectivity index (χ1v) is 12.2. The van der Waals surface area contributed by atoms with Crippen molar-refractivity contribution >= 4 is 38.9 Å². The summed E-state index contributed by atoms with van der Waals surface area (Å²) in [6, 6.07) is 12.9. The second kappa shape index (κ2) is 8.13. The number of aromatic nitrogens is 2. The molecule has 1 saturated carbocycles. The summed E-state index contributed by atoms with van der Waals surface area (Å²) in [5, 5.41) is 5.61. The van der Waals surface area contributed by atoms with Gasteiger partial charge in [0.05, 0.1) is 35.3 Å². The molecule has 1 aliphatic carbocycles. The van der Waals surface area contributed by atoms with Gasteiger partial charge in [0.25, 0.3) is 0 Å². The first-order valence-electron chi connectivity index (χ1n) is 10.7. The van der Waals surface area contributed by atoms with E-state index in [9.17, 15) is 18.0 Å². The topological polar surface area (TPSA) is 124 Å². The van der Waals surface area contributed by atoms with Crippen molar-refractivity contribution in [2.24, 2.45) is 0 Å². The number of H-pyrrole nitrogens is 1. The highest BCUT2D eigenvalue weighted by Crippen LogP contribution is 2.40. The van der Waals surface area contributed by atoms with E-state index in [2.05, 4.69) is 20.6 Å². The normalized spacial score (nSPS) is 16.3. The molecule has 0 spiro atoms. The lowest BCUT2D eigenvalue weighted by atomic mass is 10.0. The Bertz CT molecular complexity index is 1350. The Kier molecular flexibility index (Phi) is 5.26. The van der Waals surface area contributed by atoms with Crippen LogP contribution in [-0.4, -0.2) is 46.2 Å². The minimum absolute atomic E-state index is 0.104. The molecule has 2 aliphatic rings. The van der Waals surface area contributed by atoms with Crippen LogP contribution in [0.15, 0.2) is 48.7 Å². The third-order valence-electron chi connectivity index (χ3n) is 5.71. The summed E-state index contributed by atoms with van der Waals surface area (Å²) >= 11 is 0. The number of sulfonamides is 1. The summed E-state index contributed by atoms with van der Waals surface area (Å²) in [6.45, 7) is 1.32. The highest BCUT2D eigenvalue weighted by atomic mass is 32.2. The number of anilines is 3. The standard InChI is InChI=1S/C23H23N5O4S/c1-14(29)25-20-11-15(9-10-24-20)22-23(26-16-5-3-2-4-6-16)21-18(27-22)12-28(13-19(21)30)33(31,32)17-7-8-17/h2-6,9-11,17,26-27H,7-8,12-13H2,1H3,(H,24,25,29). The first-order chi connectivity index (χ1) is 15.8. The fraction of sp³-hybridized carbons (Fsp3) is 0.261. The number of para-hydroxylation sites is 1. The molecule has 10 heteroatoms. The Balaban J connectivity index is 1.60. The number of carbonyl (C=O) groups excluding carboxylic acids is 2. The van der Waals surface area contributed by atoms with Crippen molar-refractivity contribution in [3.8, 4) is 11.3 Å². The number of carbonyl (C=O) groups is 2. The van der Waals surface area contributed by atoms with Gasteiger partial charge in [-0.2, -0.15) is 4.31 Å². The minimum atomic E-state index is -3.50. The Morgan fingerprint density at radius 3 is 2.61 bits per heavy atom. The van der Waals surface area contributed by atoms with E-state index < -0.39 is 10.0 Å². The molecule has 1 aliphatic heterocycles. The van der Waals surface area contributed by atoms with Crippen molar-refractivity contribution in [2.45, 2.75) is 31.6 Å². The number of nitrogens with zero attached hydrogens (tertiary/aromatic N) is 2. The number of ketones is 1. The second-order valence-corrected chi connectivity index (χ2v) is 10.5. The Morgan fingerprint density at radius 1 is 1.15 bits per heavy atom. The van der Waals surface area contributed by atoms with Crippen LogP contribution in [-0.2, 0) is 21.4 Å². The Labute approximate surface area is 191 Å². The molecule has 0 saturated heterocycles. The minimum Gasteiger partial charge on any atom is -0.355 e. The maximum absolute atomic E-state index is 13.2. The number of hydrogen-bond donors (Lipinski definition) is 3. The summed E-state index contributed by atoms with van der Waals surface area (Å²) in [5.41, 5.74) is 3.68. The predicted octanol–water partition coefficient (Wildman–Crippen LogP) is 3.27. The van der Waals surface area contributed by atoms with Crippen LogP contribution in [0.3, 0.4) is 0 Å². The van der Waals surface area contributed by atoms with E-state index in [4.69, 9.17) is 0 Å². The van der Waals surface area contributed by atoms with Crippen LogP contribution in [0.2, 0.25) is 0 Å². The highest BCUT2D eigenvalue weighted by molar-refractivity contribution is 7.90. The van der Waals surface area contributed by atoms with E-state index >= 15 is 0 Å². The fourth-order valence-electron chi connectivity index (χ4n) is 4.05. The van der Waals surface area contributed by atoms with Crippen LogP contribution in [0.25, 0.3) is 11.3 Å². The molecule has 1 fully saturated rings. The third-order valence-corrected chi connectivity index (χ3v) is 8.00. The first kappa shape index (κ1) is 21.4. The molecule has 3 aromatic rings. The van der Waals surface area contributed by atoms with Gasteiger partial charge in [0.2, 0.25) is 15.9 Å². The van der Waals surface area contributed by atoms with E-state index in [0.717, 1.165) is 5.69 Å². The van der Waals surface area contributed by atoms with E-state index in [1.54, 1.807) is 18.3 Å². The molecule has 0 radical (unpaired) electrons. The van der Waals surface area contributed by atoms with Gasteiger partial charge in [-0.1, -0.05) is 18.2 Å². The highest BCUT2D eigenvalue weighted by Gasteiger charge is 2.43. The van der Waals surface area contributed by atoms with Gasteiger partial charge in [-0.25, -0.2) is 13.4 Å². The van der Waals surface area contributed by atoms with Crippen LogP contribution < -0.4 is 10.6 Å². The SMILES string of the molecule is CC(=O)Nc1cc(-c2[nH]c3c(c2Nc2ccccc2)C(=O)CN(S(=O)(=O)C2CC2)C3)ccn1. The van der Waals surface area contributed by atoms with Crippen molar-refractivity contribution < 1.29 is 18.0 Å². The summed E-state index contributed by atoms with van der Waals surface area (Å²) in [6.07, 6.45) is 2.84. The maximum atomic E-state index is 13.2. The second-order valence-electron chi connectivity index (χ2n) is 8.27. The maximum Gasteiger partial charge on any atom is 0.222 e. The molecular weight excluding hydrogens is 442 g/mol. The summed E-state index contributed by atoms with van der Waals surface area (Å²) in [5.74, 6) is -0.135. The lowest BCUT2D eigenvalue weighted by Gasteiger charge is -2.25. The lowest BCUT2D eigenvalue weighted by Crippen LogP contribution is -2.41. The number of rotatable bonds is 6. The third kappa shape index (κ3) is 4.14. The van der Waals surface area contributed by atoms with Crippen LogP contribution in [0.1, 0.15) is 35.8 Å². The molecule has 3 N–H and O–H groups in total. The molecule has 33 heavy (non-hydrogen) atoms. The van der Waals surface area contributed by atoms with Gasteiger partial charge in [-0.15, -0.1) is 0 Å². The Hall–Kier alpha value is -3.50. The van der Waals surface area contributed by atoms with E-state index in [-0.39, 0.29) is 30.0 Å². The van der Waals surface area contributed by atoms with Gasteiger partial charge in [0.1, 0.15) is 5.82 Å². The fourth-order valence-corrected chi connectivity index (χ4v) is 5.81. The molecule has 3 heterocycles. The summed E-state index contributed by atoms with van der Waals surface area (Å²) < 4.78 is 26.9. The predicted molar refractivity (Wildman–Crippen MR) is 125 cm³/mol. The zero-order valence-electron chi connectivity index (χ0n) is 18.0. The number of nitrogens with one attached hydrogen (secondary N) is 3. The average Bonchev–Trinajstić information content (AvgIpc) is 3.58. The van der Waals surface area contributed by atoms with Gasteiger partial charge in [-0.3, -0.25) is 9.59 Å². The van der Waals surface area contributed by atoms with Crippen LogP contribution >= 0.6 is 0 Å². The molecule has 9 nitrogen and oxygen atoms in total. The number of fused-ring (bicyclic) bond motifs is 1. The molecule has 170 valence electrons. The average molecular weight is 466 g/mol. The van der Waals surface area contributed by atoms with Gasteiger partial charge in [0.15, 0.2) is 5.78 Å². The van der Waals surface area contributed by atoms with Crippen molar-refractivity contribution in [2.75, 3.05) is 17.2 Å². The summed E-state index contributed by atoms with van der Waals surface area (Å²) in [4.78, 5) is 32.1. The van der Waals surface area contributed by atoms with Crippen molar-refractivity contribution in [3.05, 3.63) is 59.9 Å². The molecule has 2 aromatic heterocycles. The number of Topliss-reactive ketones (excluding diaryl/α,β-unsaturated/α-hetero) is 1. The van der Waals surface area contributed by atoms with Gasteiger partial charge in [-0.05, 0) is 37.1 Å². The lowest BCUT2D eigenvalue weighted by molar-refractivity contribution is -0.114. The Morgan fingerprint density at radius 2 is 1.91 bits per heavy atom. The smallest absolute Gasteiger partial charge is 0.222 e. The molecule has 0 unspecified atom stereocenters. The number of aromatic amines is 1. The van der Waals surface area contributed by atoms with Gasteiger partial charge >= 0.3 is 0 Å². The van der Waals surface area contributed by atoms with Crippen LogP contribution in [0.4, 0.5) is 17.2 Å². The van der Waals surface area contributed by atoms with Crippen molar-refractivity contribution in [3.63, 3.8) is 0 Å². The molecular formula is C23H23N5O4S. The van der Waals surface area contributed by atoms with E-state index in [1.807, 2.05) is 30.3 Å². The molecule has 0 bridgehead atoms. The van der Waals surface area contributed by atoms with Crippen molar-refractivity contribution in [1.82, 2.24) is 14.3 Å². The number of benzene rings is 1. The molecule has 5 rings (SSSR count). The van der Waals surface area contributed by atoms with E-state index in [0.29, 0.717) is 46.9 Å². The van der Waals surface area contributed by atoms with Crippen molar-refractivity contribution in [1.29, 1.82) is 0 Å². The zero-order chi connectivity index (χ0) is 23.2. The van der Waals surface area contributed by atoms with Crippen LogP contribution in [0.5, 0.6) is 0 Å². The molecule has 1 aromatic carbocycles. The number of amides is 1. The zero-order valence-corrected chi connectivity index (χ0v) is 18.8. The molecule has 0 atom stereocenters. The quantitative estimate of drug-likeness (QED) is 0.513.